The van der Waals surface area contributed by atoms with Gasteiger partial charge in [-0.2, -0.15) is 10.5 Å². The van der Waals surface area contributed by atoms with Crippen LogP contribution in [0.25, 0.3) is 6.08 Å². The molecule has 0 saturated heterocycles. The molecule has 0 aliphatic carbocycles. The summed E-state index contributed by atoms with van der Waals surface area (Å²) < 4.78 is 18.8. The number of hydrogen-bond donors (Lipinski definition) is 0. The maximum Gasteiger partial charge on any atom is 0.165 e. The van der Waals surface area contributed by atoms with Gasteiger partial charge in [0.2, 0.25) is 0 Å². The molecule has 0 aliphatic rings. The predicted molar refractivity (Wildman–Crippen MR) is 76.4 cm³/mol. The van der Waals surface area contributed by atoms with Crippen LogP contribution in [0.2, 0.25) is 0 Å². The lowest BCUT2D eigenvalue weighted by Gasteiger charge is -2.07. The highest BCUT2D eigenvalue weighted by atomic mass is 19.1. The third-order valence-corrected chi connectivity index (χ3v) is 2.73. The van der Waals surface area contributed by atoms with E-state index >= 15 is 0 Å². The van der Waals surface area contributed by atoms with E-state index in [1.807, 2.05) is 6.07 Å². The fourth-order valence-electron chi connectivity index (χ4n) is 1.75. The predicted octanol–water partition coefficient (Wildman–Crippen LogP) is 3.84. The van der Waals surface area contributed by atoms with Crippen LogP contribution in [0.3, 0.4) is 0 Å². The smallest absolute Gasteiger partial charge is 0.165 e. The van der Waals surface area contributed by atoms with E-state index in [2.05, 4.69) is 0 Å². The minimum atomic E-state index is -0.412. The summed E-state index contributed by atoms with van der Waals surface area (Å²) in [6.07, 6.45) is 1.49. The summed E-state index contributed by atoms with van der Waals surface area (Å²) in [6, 6.07) is 17.0. The third-order valence-electron chi connectivity index (χ3n) is 2.73. The van der Waals surface area contributed by atoms with Crippen LogP contribution in [-0.2, 0) is 6.61 Å². The van der Waals surface area contributed by atoms with Gasteiger partial charge in [-0.25, -0.2) is 4.39 Å². The van der Waals surface area contributed by atoms with Crippen LogP contribution in [0, 0.1) is 28.5 Å². The van der Waals surface area contributed by atoms with Crippen molar-refractivity contribution in [3.05, 3.63) is 71.0 Å². The summed E-state index contributed by atoms with van der Waals surface area (Å²) in [5, 5.41) is 17.5. The van der Waals surface area contributed by atoms with Crippen molar-refractivity contribution in [3.63, 3.8) is 0 Å². The van der Waals surface area contributed by atoms with Crippen LogP contribution in [0.1, 0.15) is 11.1 Å². The van der Waals surface area contributed by atoms with Gasteiger partial charge in [-0.1, -0.05) is 30.3 Å². The molecular weight excluding hydrogens is 267 g/mol. The van der Waals surface area contributed by atoms with Gasteiger partial charge in [0.05, 0.1) is 0 Å². The summed E-state index contributed by atoms with van der Waals surface area (Å²) >= 11 is 0. The van der Waals surface area contributed by atoms with Gasteiger partial charge in [0.1, 0.15) is 24.3 Å². The molecule has 2 aromatic rings. The molecule has 0 aliphatic heterocycles. The van der Waals surface area contributed by atoms with Crippen LogP contribution in [0.15, 0.2) is 54.1 Å². The van der Waals surface area contributed by atoms with E-state index in [4.69, 9.17) is 15.3 Å². The number of rotatable bonds is 4. The van der Waals surface area contributed by atoms with E-state index in [0.29, 0.717) is 0 Å². The Morgan fingerprint density at radius 1 is 1.10 bits per heavy atom. The zero-order valence-corrected chi connectivity index (χ0v) is 11.1. The lowest BCUT2D eigenvalue weighted by Crippen LogP contribution is -1.97. The molecule has 0 fully saturated rings. The number of hydrogen-bond acceptors (Lipinski definition) is 3. The molecule has 4 heteroatoms. The number of halogens is 1. The van der Waals surface area contributed by atoms with E-state index in [-0.39, 0.29) is 17.9 Å². The topological polar surface area (TPSA) is 56.8 Å². The van der Waals surface area contributed by atoms with Crippen LogP contribution in [0.5, 0.6) is 5.75 Å². The van der Waals surface area contributed by atoms with E-state index < -0.39 is 5.82 Å². The number of nitrogens with zero attached hydrogens (tertiary/aromatic N) is 2. The molecule has 2 rings (SSSR count). The van der Waals surface area contributed by atoms with Gasteiger partial charge in [-0.3, -0.25) is 0 Å². The number of benzene rings is 2. The maximum atomic E-state index is 13.4. The minimum Gasteiger partial charge on any atom is -0.486 e. The number of ether oxygens (including phenoxy) is 1. The molecule has 102 valence electrons. The molecule has 3 nitrogen and oxygen atoms in total. The minimum absolute atomic E-state index is 0.0298. The summed E-state index contributed by atoms with van der Waals surface area (Å²) in [7, 11) is 0. The normalized spacial score (nSPS) is 9.29. The molecule has 0 aromatic heterocycles. The highest BCUT2D eigenvalue weighted by Crippen LogP contribution is 2.18. The van der Waals surface area contributed by atoms with Crippen molar-refractivity contribution in [3.8, 4) is 17.9 Å². The number of para-hydroxylation sites is 1. The van der Waals surface area contributed by atoms with Gasteiger partial charge in [0, 0.05) is 0 Å². The van der Waals surface area contributed by atoms with Crippen molar-refractivity contribution < 1.29 is 9.13 Å². The fraction of sp³-hybridized carbons (Fsp3) is 0.0588. The quantitative estimate of drug-likeness (QED) is 0.798. The largest absolute Gasteiger partial charge is 0.486 e. The highest BCUT2D eigenvalue weighted by Gasteiger charge is 2.02. The monoisotopic (exact) mass is 278 g/mol. The molecule has 0 heterocycles. The molecule has 0 N–H and O–H groups in total. The van der Waals surface area contributed by atoms with Gasteiger partial charge in [0.25, 0.3) is 0 Å². The second-order valence-corrected chi connectivity index (χ2v) is 4.25. The molecule has 0 bridgehead atoms. The Labute approximate surface area is 122 Å². The van der Waals surface area contributed by atoms with Crippen molar-refractivity contribution in [2.45, 2.75) is 6.61 Å². The second kappa shape index (κ2) is 6.88. The molecular formula is C17H11FN2O. The van der Waals surface area contributed by atoms with E-state index in [1.54, 1.807) is 48.5 Å². The van der Waals surface area contributed by atoms with Gasteiger partial charge in [-0.05, 0) is 35.4 Å². The lowest BCUT2D eigenvalue weighted by atomic mass is 10.1. The van der Waals surface area contributed by atoms with Crippen LogP contribution < -0.4 is 4.74 Å². The number of allylic oxidation sites excluding steroid dienone is 1. The van der Waals surface area contributed by atoms with Crippen LogP contribution in [0.4, 0.5) is 4.39 Å². The Hall–Kier alpha value is -3.11. The molecule has 0 unspecified atom stereocenters. The van der Waals surface area contributed by atoms with Crippen LogP contribution in [-0.4, -0.2) is 0 Å². The molecule has 0 amide bonds. The Bertz CT molecular complexity index is 738. The first kappa shape index (κ1) is 14.3. The maximum absolute atomic E-state index is 13.4. The molecule has 21 heavy (non-hydrogen) atoms. The van der Waals surface area contributed by atoms with Crippen molar-refractivity contribution in [2.24, 2.45) is 0 Å². The molecule has 0 atom stereocenters. The summed E-state index contributed by atoms with van der Waals surface area (Å²) in [4.78, 5) is 0. The van der Waals surface area contributed by atoms with Crippen molar-refractivity contribution in [1.29, 1.82) is 10.5 Å². The Morgan fingerprint density at radius 3 is 2.57 bits per heavy atom. The Morgan fingerprint density at radius 2 is 1.86 bits per heavy atom. The van der Waals surface area contributed by atoms with Crippen molar-refractivity contribution in [2.75, 3.05) is 0 Å². The van der Waals surface area contributed by atoms with Gasteiger partial charge < -0.3 is 4.74 Å². The van der Waals surface area contributed by atoms with Crippen molar-refractivity contribution >= 4 is 6.08 Å². The zero-order valence-electron chi connectivity index (χ0n) is 11.1. The van der Waals surface area contributed by atoms with E-state index in [1.165, 1.54) is 12.1 Å². The Balaban J connectivity index is 2.13. The van der Waals surface area contributed by atoms with Gasteiger partial charge in [-0.15, -0.1) is 0 Å². The first-order valence-corrected chi connectivity index (χ1v) is 6.21. The zero-order chi connectivity index (χ0) is 15.1. The summed E-state index contributed by atoms with van der Waals surface area (Å²) in [6.45, 7) is 0.205. The molecule has 0 saturated carbocycles. The third kappa shape index (κ3) is 3.92. The van der Waals surface area contributed by atoms with E-state index in [0.717, 1.165) is 11.1 Å². The van der Waals surface area contributed by atoms with Gasteiger partial charge >= 0.3 is 0 Å². The summed E-state index contributed by atoms with van der Waals surface area (Å²) in [5.41, 5.74) is 1.58. The number of nitriles is 2. The van der Waals surface area contributed by atoms with E-state index in [9.17, 15) is 4.39 Å². The highest BCUT2D eigenvalue weighted by molar-refractivity contribution is 5.62. The summed E-state index contributed by atoms with van der Waals surface area (Å²) in [5.74, 6) is -0.224. The van der Waals surface area contributed by atoms with Gasteiger partial charge in [0.15, 0.2) is 11.6 Å². The first-order valence-electron chi connectivity index (χ1n) is 6.21. The molecule has 0 radical (unpaired) electrons. The lowest BCUT2D eigenvalue weighted by molar-refractivity contribution is 0.290. The standard InChI is InChI=1S/C17H11FN2O/c18-16-6-1-2-7-17(16)21-12-14-5-3-4-13(8-14)9-15(10-19)11-20/h1-9H,12H2. The first-order chi connectivity index (χ1) is 10.2. The Kier molecular flexibility index (Phi) is 4.69. The average Bonchev–Trinajstić information content (AvgIpc) is 2.52. The second-order valence-electron chi connectivity index (χ2n) is 4.25. The van der Waals surface area contributed by atoms with Crippen molar-refractivity contribution in [1.82, 2.24) is 0 Å². The SMILES string of the molecule is N#CC(C#N)=Cc1cccc(COc2ccccc2F)c1. The van der Waals surface area contributed by atoms with Crippen LogP contribution >= 0.6 is 0 Å². The fourth-order valence-corrected chi connectivity index (χ4v) is 1.75. The molecule has 0 spiro atoms. The average molecular weight is 278 g/mol. The molecule has 2 aromatic carbocycles.